The smallest absolute Gasteiger partial charge is 0.155 e. The topological polar surface area (TPSA) is 51.6 Å². The van der Waals surface area contributed by atoms with Crippen molar-refractivity contribution < 1.29 is 0 Å². The summed E-state index contributed by atoms with van der Waals surface area (Å²) in [7, 11) is 0. The van der Waals surface area contributed by atoms with Crippen molar-refractivity contribution in [3.05, 3.63) is 17.4 Å². The van der Waals surface area contributed by atoms with Crippen molar-refractivity contribution in [3.8, 4) is 10.0 Å². The van der Waals surface area contributed by atoms with Crippen LogP contribution in [0.1, 0.15) is 12.6 Å². The molecule has 0 unspecified atom stereocenters. The molecule has 0 aliphatic heterocycles. The van der Waals surface area contributed by atoms with Gasteiger partial charge in [0.15, 0.2) is 10.0 Å². The second-order valence-corrected chi connectivity index (χ2v) is 6.18. The lowest BCUT2D eigenvalue weighted by molar-refractivity contribution is 1.06. The van der Waals surface area contributed by atoms with Crippen molar-refractivity contribution in [1.82, 2.24) is 19.9 Å². The van der Waals surface area contributed by atoms with Crippen molar-refractivity contribution >= 4 is 44.8 Å². The van der Waals surface area contributed by atoms with Gasteiger partial charge in [-0.2, -0.15) is 0 Å². The van der Waals surface area contributed by atoms with E-state index in [0.29, 0.717) is 0 Å². The summed E-state index contributed by atoms with van der Waals surface area (Å²) < 4.78 is 0. The molecule has 3 aromatic heterocycles. The van der Waals surface area contributed by atoms with Crippen molar-refractivity contribution in [2.24, 2.45) is 0 Å². The van der Waals surface area contributed by atoms with Gasteiger partial charge in [0.2, 0.25) is 0 Å². The average Bonchev–Trinajstić information content (AvgIpc) is 3.03. The molecule has 0 fully saturated rings. The molecule has 7 heteroatoms. The van der Waals surface area contributed by atoms with Crippen LogP contribution in [0.2, 0.25) is 0 Å². The fourth-order valence-electron chi connectivity index (χ4n) is 1.54. The van der Waals surface area contributed by atoms with Gasteiger partial charge in [0.1, 0.15) is 21.7 Å². The van der Waals surface area contributed by atoms with Gasteiger partial charge < -0.3 is 0 Å². The number of thiazole rings is 2. The summed E-state index contributed by atoms with van der Waals surface area (Å²) in [6.45, 7) is 2.11. The SMILES string of the molecule is CCc1csc(-c2nc3c(SC)ncnc3s2)n1. The molecule has 0 saturated heterocycles. The Balaban J connectivity index is 2.13. The zero-order valence-electron chi connectivity index (χ0n) is 9.88. The van der Waals surface area contributed by atoms with Crippen LogP contribution >= 0.6 is 34.4 Å². The number of aromatic nitrogens is 4. The first-order valence-corrected chi connectivity index (χ1v) is 8.34. The van der Waals surface area contributed by atoms with E-state index >= 15 is 0 Å². The van der Waals surface area contributed by atoms with Gasteiger partial charge in [-0.15, -0.1) is 23.1 Å². The quantitative estimate of drug-likeness (QED) is 0.546. The lowest BCUT2D eigenvalue weighted by Gasteiger charge is -1.92. The highest BCUT2D eigenvalue weighted by Crippen LogP contribution is 2.33. The maximum absolute atomic E-state index is 4.62. The van der Waals surface area contributed by atoms with Crippen LogP contribution in [0.4, 0.5) is 0 Å². The molecule has 3 heterocycles. The molecule has 92 valence electrons. The monoisotopic (exact) mass is 294 g/mol. The van der Waals surface area contributed by atoms with Gasteiger partial charge in [-0.1, -0.05) is 18.3 Å². The molecule has 0 N–H and O–H groups in total. The fraction of sp³-hybridized carbons (Fsp3) is 0.273. The number of fused-ring (bicyclic) bond motifs is 1. The van der Waals surface area contributed by atoms with E-state index in [-0.39, 0.29) is 0 Å². The van der Waals surface area contributed by atoms with E-state index in [1.807, 2.05) is 6.26 Å². The van der Waals surface area contributed by atoms with E-state index in [0.717, 1.165) is 37.5 Å². The number of hydrogen-bond donors (Lipinski definition) is 0. The minimum Gasteiger partial charge on any atom is -0.239 e. The molecular weight excluding hydrogens is 284 g/mol. The summed E-state index contributed by atoms with van der Waals surface area (Å²) in [5, 5.41) is 4.92. The average molecular weight is 294 g/mol. The number of nitrogens with zero attached hydrogens (tertiary/aromatic N) is 4. The Bertz CT molecular complexity index is 688. The first-order valence-electron chi connectivity index (χ1n) is 5.42. The van der Waals surface area contributed by atoms with Crippen molar-refractivity contribution in [2.75, 3.05) is 6.26 Å². The van der Waals surface area contributed by atoms with Crippen molar-refractivity contribution in [3.63, 3.8) is 0 Å². The lowest BCUT2D eigenvalue weighted by Crippen LogP contribution is -1.83. The van der Waals surface area contributed by atoms with Crippen LogP contribution in [-0.4, -0.2) is 26.2 Å². The predicted octanol–water partition coefficient (Wildman–Crippen LogP) is 3.49. The molecule has 3 aromatic rings. The summed E-state index contributed by atoms with van der Waals surface area (Å²) in [6.07, 6.45) is 4.55. The van der Waals surface area contributed by atoms with Crippen LogP contribution in [0.25, 0.3) is 20.4 Å². The van der Waals surface area contributed by atoms with Crippen LogP contribution in [0.5, 0.6) is 0 Å². The molecule has 0 saturated carbocycles. The van der Waals surface area contributed by atoms with Crippen molar-refractivity contribution in [1.29, 1.82) is 0 Å². The third kappa shape index (κ3) is 2.02. The van der Waals surface area contributed by atoms with E-state index < -0.39 is 0 Å². The molecule has 0 spiro atoms. The van der Waals surface area contributed by atoms with E-state index in [4.69, 9.17) is 0 Å². The molecule has 0 bridgehead atoms. The minimum atomic E-state index is 0.887. The van der Waals surface area contributed by atoms with Gasteiger partial charge in [-0.05, 0) is 12.7 Å². The Labute approximate surface area is 117 Å². The molecule has 0 aliphatic rings. The predicted molar refractivity (Wildman–Crippen MR) is 77.5 cm³/mol. The van der Waals surface area contributed by atoms with Crippen LogP contribution in [-0.2, 0) is 6.42 Å². The Morgan fingerprint density at radius 1 is 1.22 bits per heavy atom. The molecule has 4 nitrogen and oxygen atoms in total. The van der Waals surface area contributed by atoms with E-state index in [2.05, 4.69) is 32.2 Å². The summed E-state index contributed by atoms with van der Waals surface area (Å²) in [5.41, 5.74) is 2.00. The highest BCUT2D eigenvalue weighted by molar-refractivity contribution is 7.98. The van der Waals surface area contributed by atoms with Gasteiger partial charge in [0.25, 0.3) is 0 Å². The lowest BCUT2D eigenvalue weighted by atomic mass is 10.4. The third-order valence-electron chi connectivity index (χ3n) is 2.45. The zero-order chi connectivity index (χ0) is 12.5. The zero-order valence-corrected chi connectivity index (χ0v) is 12.3. The van der Waals surface area contributed by atoms with Gasteiger partial charge in [0, 0.05) is 5.38 Å². The van der Waals surface area contributed by atoms with Crippen LogP contribution < -0.4 is 0 Å². The fourth-order valence-corrected chi connectivity index (χ4v) is 3.94. The Morgan fingerprint density at radius 2 is 2.11 bits per heavy atom. The minimum absolute atomic E-state index is 0.887. The summed E-state index contributed by atoms with van der Waals surface area (Å²) >= 11 is 4.81. The van der Waals surface area contributed by atoms with Crippen LogP contribution in [0, 0.1) is 0 Å². The van der Waals surface area contributed by atoms with Crippen LogP contribution in [0.3, 0.4) is 0 Å². The highest BCUT2D eigenvalue weighted by Gasteiger charge is 2.13. The summed E-state index contributed by atoms with van der Waals surface area (Å²) in [4.78, 5) is 18.6. The molecule has 0 amide bonds. The Hall–Kier alpha value is -1.05. The number of rotatable bonds is 3. The second-order valence-electron chi connectivity index (χ2n) is 3.55. The highest BCUT2D eigenvalue weighted by atomic mass is 32.2. The Morgan fingerprint density at radius 3 is 2.83 bits per heavy atom. The van der Waals surface area contributed by atoms with Gasteiger partial charge in [-0.25, -0.2) is 19.9 Å². The number of hydrogen-bond acceptors (Lipinski definition) is 7. The molecule has 3 rings (SSSR count). The summed E-state index contributed by atoms with van der Waals surface area (Å²) in [6, 6.07) is 0. The standard InChI is InChI=1S/C11H10N4S3/c1-3-6-4-17-10(14-6)11-15-7-8(16-2)12-5-13-9(7)18-11/h4-5H,3H2,1-2H3. The molecule has 0 aliphatic carbocycles. The van der Waals surface area contributed by atoms with Gasteiger partial charge in [-0.3, -0.25) is 0 Å². The normalized spacial score (nSPS) is 11.2. The maximum Gasteiger partial charge on any atom is 0.155 e. The van der Waals surface area contributed by atoms with E-state index in [1.54, 1.807) is 40.8 Å². The molecule has 0 radical (unpaired) electrons. The Kier molecular flexibility index (Phi) is 3.27. The molecule has 0 aromatic carbocycles. The largest absolute Gasteiger partial charge is 0.239 e. The molecule has 0 atom stereocenters. The van der Waals surface area contributed by atoms with Crippen LogP contribution in [0.15, 0.2) is 16.7 Å². The summed E-state index contributed by atoms with van der Waals surface area (Å²) in [5.74, 6) is 0. The van der Waals surface area contributed by atoms with E-state index in [1.165, 1.54) is 0 Å². The second kappa shape index (κ2) is 4.91. The van der Waals surface area contributed by atoms with Crippen molar-refractivity contribution in [2.45, 2.75) is 18.4 Å². The first-order chi connectivity index (χ1) is 8.81. The van der Waals surface area contributed by atoms with Gasteiger partial charge in [0.05, 0.1) is 5.69 Å². The van der Waals surface area contributed by atoms with E-state index in [9.17, 15) is 0 Å². The number of thioether (sulfide) groups is 1. The molecule has 18 heavy (non-hydrogen) atoms. The maximum atomic E-state index is 4.62. The number of aryl methyl sites for hydroxylation is 1. The third-order valence-corrected chi connectivity index (χ3v) is 5.13. The molecular formula is C11H10N4S3. The first kappa shape index (κ1) is 12.0. The van der Waals surface area contributed by atoms with Gasteiger partial charge >= 0.3 is 0 Å².